The van der Waals surface area contributed by atoms with Crippen LogP contribution in [0.5, 0.6) is 5.75 Å². The van der Waals surface area contributed by atoms with Gasteiger partial charge in [-0.15, -0.1) is 0 Å². The molecule has 2 N–H and O–H groups in total. The fourth-order valence-corrected chi connectivity index (χ4v) is 3.81. The number of carboxylic acid groups (broad SMARTS) is 1. The Balaban J connectivity index is 0.00000341. The SMILES string of the molecule is CCCC1CN(CCCNc2ccc(CC(OC)C(=O)O)cc2)c2ccccc2O1.[MgH2]. The zero-order chi connectivity index (χ0) is 21.3. The second-order valence-electron chi connectivity index (χ2n) is 7.69. The van der Waals surface area contributed by atoms with Crippen LogP contribution in [-0.4, -0.2) is 73.1 Å². The number of rotatable bonds is 11. The maximum atomic E-state index is 11.1. The summed E-state index contributed by atoms with van der Waals surface area (Å²) in [5.74, 6) is 0.0482. The van der Waals surface area contributed by atoms with E-state index in [4.69, 9.17) is 14.6 Å². The standard InChI is InChI=1S/C24H32N2O4.Mg.2H/c1-3-7-20-17-26(21-8-4-5-9-22(21)30-20)15-6-14-25-19-12-10-18(11-13-19)16-23(29-2)24(27)28;;;/h4-5,8-13,20,23,25H,3,6-7,14-17H2,1-2H3,(H,27,28);;;. The molecule has 0 aliphatic carbocycles. The lowest BCUT2D eigenvalue weighted by Crippen LogP contribution is -2.40. The van der Waals surface area contributed by atoms with Crippen molar-refractivity contribution in [3.8, 4) is 5.75 Å². The summed E-state index contributed by atoms with van der Waals surface area (Å²) in [5, 5.41) is 12.6. The average Bonchev–Trinajstić information content (AvgIpc) is 2.76. The number of para-hydroxylation sites is 2. The number of nitrogens with one attached hydrogen (secondary N) is 1. The first-order valence-electron chi connectivity index (χ1n) is 10.7. The maximum absolute atomic E-state index is 11.1. The Kier molecular flexibility index (Phi) is 10.4. The molecular weight excluding hydrogens is 405 g/mol. The highest BCUT2D eigenvalue weighted by Crippen LogP contribution is 2.34. The van der Waals surface area contributed by atoms with Crippen molar-refractivity contribution in [2.45, 2.75) is 44.8 Å². The van der Waals surface area contributed by atoms with Gasteiger partial charge in [-0.25, -0.2) is 4.79 Å². The van der Waals surface area contributed by atoms with Gasteiger partial charge < -0.3 is 24.8 Å². The Morgan fingerprint density at radius 2 is 2.00 bits per heavy atom. The molecule has 0 fully saturated rings. The van der Waals surface area contributed by atoms with Gasteiger partial charge in [0.05, 0.1) is 12.2 Å². The van der Waals surface area contributed by atoms with Gasteiger partial charge in [0.2, 0.25) is 0 Å². The quantitative estimate of drug-likeness (QED) is 0.414. The number of aliphatic carboxylic acids is 1. The van der Waals surface area contributed by atoms with Gasteiger partial charge in [0.25, 0.3) is 0 Å². The van der Waals surface area contributed by atoms with E-state index in [-0.39, 0.29) is 29.2 Å². The molecule has 2 aromatic carbocycles. The van der Waals surface area contributed by atoms with Gasteiger partial charge >= 0.3 is 29.0 Å². The van der Waals surface area contributed by atoms with Crippen LogP contribution in [0.2, 0.25) is 0 Å². The first-order valence-corrected chi connectivity index (χ1v) is 10.7. The number of nitrogens with zero attached hydrogens (tertiary/aromatic N) is 1. The third-order valence-corrected chi connectivity index (χ3v) is 5.40. The molecule has 0 amide bonds. The minimum absolute atomic E-state index is 0. The second-order valence-corrected chi connectivity index (χ2v) is 7.69. The molecule has 0 spiro atoms. The normalized spacial score (nSPS) is 15.9. The number of carboxylic acids is 1. The van der Waals surface area contributed by atoms with Crippen LogP contribution in [-0.2, 0) is 16.0 Å². The Morgan fingerprint density at radius 3 is 2.68 bits per heavy atom. The molecule has 1 aliphatic heterocycles. The van der Waals surface area contributed by atoms with Crippen LogP contribution in [0.25, 0.3) is 0 Å². The van der Waals surface area contributed by atoms with Crippen molar-refractivity contribution in [2.75, 3.05) is 37.0 Å². The Bertz CT molecular complexity index is 815. The predicted molar refractivity (Wildman–Crippen MR) is 128 cm³/mol. The minimum atomic E-state index is -0.939. The summed E-state index contributed by atoms with van der Waals surface area (Å²) in [6, 6.07) is 16.2. The molecule has 166 valence electrons. The fourth-order valence-electron chi connectivity index (χ4n) is 3.81. The molecule has 0 radical (unpaired) electrons. The average molecular weight is 439 g/mol. The monoisotopic (exact) mass is 438 g/mol. The zero-order valence-electron chi connectivity index (χ0n) is 17.8. The van der Waals surface area contributed by atoms with E-state index < -0.39 is 12.1 Å². The molecule has 1 aliphatic rings. The van der Waals surface area contributed by atoms with E-state index in [1.165, 1.54) is 12.8 Å². The van der Waals surface area contributed by atoms with Gasteiger partial charge in [-0.05, 0) is 42.7 Å². The van der Waals surface area contributed by atoms with Gasteiger partial charge in [0.15, 0.2) is 6.10 Å². The highest BCUT2D eigenvalue weighted by atomic mass is 24.3. The van der Waals surface area contributed by atoms with Crippen LogP contribution in [0.3, 0.4) is 0 Å². The van der Waals surface area contributed by atoms with E-state index in [9.17, 15) is 4.79 Å². The molecule has 2 unspecified atom stereocenters. The summed E-state index contributed by atoms with van der Waals surface area (Å²) in [7, 11) is 1.42. The summed E-state index contributed by atoms with van der Waals surface area (Å²) in [5.41, 5.74) is 3.16. The first-order chi connectivity index (χ1) is 14.6. The number of anilines is 2. The summed E-state index contributed by atoms with van der Waals surface area (Å²) in [6.45, 7) is 4.97. The lowest BCUT2D eigenvalue weighted by Gasteiger charge is -2.36. The summed E-state index contributed by atoms with van der Waals surface area (Å²) in [6.07, 6.45) is 3.02. The molecule has 7 heteroatoms. The maximum Gasteiger partial charge on any atom is 0.333 e. The topological polar surface area (TPSA) is 71.0 Å². The molecule has 2 atom stereocenters. The molecule has 6 nitrogen and oxygen atoms in total. The summed E-state index contributed by atoms with van der Waals surface area (Å²) in [4.78, 5) is 13.5. The molecular formula is C24H34MgN2O4. The lowest BCUT2D eigenvalue weighted by molar-refractivity contribution is -0.148. The largest absolute Gasteiger partial charge is 0.486 e. The molecule has 0 saturated carbocycles. The number of ether oxygens (including phenoxy) is 2. The predicted octanol–water partition coefficient (Wildman–Crippen LogP) is 3.28. The molecule has 0 aromatic heterocycles. The van der Waals surface area contributed by atoms with Crippen molar-refractivity contribution < 1.29 is 19.4 Å². The number of benzene rings is 2. The van der Waals surface area contributed by atoms with Gasteiger partial charge in [0, 0.05) is 32.3 Å². The van der Waals surface area contributed by atoms with Crippen LogP contribution < -0.4 is 15.0 Å². The Labute approximate surface area is 201 Å². The van der Waals surface area contributed by atoms with Gasteiger partial charge in [-0.3, -0.25) is 0 Å². The van der Waals surface area contributed by atoms with E-state index in [2.05, 4.69) is 35.3 Å². The van der Waals surface area contributed by atoms with E-state index in [0.717, 1.165) is 55.9 Å². The zero-order valence-corrected chi connectivity index (χ0v) is 17.8. The highest BCUT2D eigenvalue weighted by molar-refractivity contribution is 5.75. The van der Waals surface area contributed by atoms with Crippen molar-refractivity contribution in [3.63, 3.8) is 0 Å². The van der Waals surface area contributed by atoms with Crippen molar-refractivity contribution in [3.05, 3.63) is 54.1 Å². The van der Waals surface area contributed by atoms with Crippen LogP contribution in [0.15, 0.2) is 48.5 Å². The number of methoxy groups -OCH3 is 1. The molecule has 3 rings (SSSR count). The molecule has 31 heavy (non-hydrogen) atoms. The molecule has 0 bridgehead atoms. The minimum Gasteiger partial charge on any atom is -0.486 e. The van der Waals surface area contributed by atoms with Crippen LogP contribution >= 0.6 is 0 Å². The van der Waals surface area contributed by atoms with Gasteiger partial charge in [-0.1, -0.05) is 37.6 Å². The number of hydrogen-bond donors (Lipinski definition) is 2. The first kappa shape index (κ1) is 25.3. The van der Waals surface area contributed by atoms with Crippen molar-refractivity contribution in [1.82, 2.24) is 0 Å². The summed E-state index contributed by atoms with van der Waals surface area (Å²) < 4.78 is 11.1. The van der Waals surface area contributed by atoms with Crippen LogP contribution in [0, 0.1) is 0 Å². The van der Waals surface area contributed by atoms with E-state index in [1.807, 2.05) is 30.3 Å². The van der Waals surface area contributed by atoms with E-state index in [0.29, 0.717) is 6.42 Å². The van der Waals surface area contributed by atoms with Crippen molar-refractivity contribution >= 4 is 40.4 Å². The van der Waals surface area contributed by atoms with Crippen LogP contribution in [0.1, 0.15) is 31.7 Å². The van der Waals surface area contributed by atoms with Gasteiger partial charge in [0.1, 0.15) is 11.9 Å². The fraction of sp³-hybridized carbons (Fsp3) is 0.458. The second kappa shape index (κ2) is 12.8. The third kappa shape index (κ3) is 7.30. The molecule has 2 aromatic rings. The lowest BCUT2D eigenvalue weighted by atomic mass is 10.1. The number of hydrogen-bond acceptors (Lipinski definition) is 5. The Morgan fingerprint density at radius 1 is 1.26 bits per heavy atom. The van der Waals surface area contributed by atoms with Crippen molar-refractivity contribution in [1.29, 1.82) is 0 Å². The number of carbonyl (C=O) groups is 1. The highest BCUT2D eigenvalue weighted by Gasteiger charge is 2.24. The van der Waals surface area contributed by atoms with Crippen LogP contribution in [0.4, 0.5) is 11.4 Å². The molecule has 1 heterocycles. The van der Waals surface area contributed by atoms with Crippen molar-refractivity contribution in [2.24, 2.45) is 0 Å². The smallest absolute Gasteiger partial charge is 0.333 e. The third-order valence-electron chi connectivity index (χ3n) is 5.40. The number of fused-ring (bicyclic) bond motifs is 1. The van der Waals surface area contributed by atoms with E-state index in [1.54, 1.807) is 0 Å². The van der Waals surface area contributed by atoms with E-state index >= 15 is 0 Å². The Hall–Kier alpha value is -1.96. The molecule has 0 saturated heterocycles. The van der Waals surface area contributed by atoms with Gasteiger partial charge in [-0.2, -0.15) is 0 Å². The summed E-state index contributed by atoms with van der Waals surface area (Å²) >= 11 is 0.